The summed E-state index contributed by atoms with van der Waals surface area (Å²) in [5.74, 6) is 0.734. The molecule has 0 saturated heterocycles. The molecule has 0 aliphatic carbocycles. The van der Waals surface area contributed by atoms with Gasteiger partial charge in [-0.05, 0) is 38.1 Å². The molecule has 0 aliphatic heterocycles. The Morgan fingerprint density at radius 3 is 2.57 bits per heavy atom. The van der Waals surface area contributed by atoms with Crippen LogP contribution in [0.25, 0.3) is 0 Å². The first-order valence-electron chi connectivity index (χ1n) is 6.42. The van der Waals surface area contributed by atoms with Crippen molar-refractivity contribution in [3.8, 4) is 0 Å². The van der Waals surface area contributed by atoms with Crippen molar-refractivity contribution in [1.82, 2.24) is 5.32 Å². The van der Waals surface area contributed by atoms with Gasteiger partial charge < -0.3 is 9.73 Å². The third-order valence-corrected chi connectivity index (χ3v) is 6.89. The van der Waals surface area contributed by atoms with Crippen LogP contribution in [-0.4, -0.2) is 26.0 Å². The lowest BCUT2D eigenvalue weighted by Crippen LogP contribution is -2.42. The maximum absolute atomic E-state index is 11.8. The second kappa shape index (κ2) is 6.12. The van der Waals surface area contributed by atoms with Crippen molar-refractivity contribution in [2.45, 2.75) is 24.6 Å². The molecule has 0 fully saturated rings. The Balaban J connectivity index is 2.23. The summed E-state index contributed by atoms with van der Waals surface area (Å²) in [6, 6.07) is 7.19. The van der Waals surface area contributed by atoms with Crippen LogP contribution in [0, 0.1) is 0 Å². The molecule has 1 atom stereocenters. The lowest BCUT2D eigenvalue weighted by Gasteiger charge is -2.25. The smallest absolute Gasteiger partial charge is 0.153 e. The Kier molecular flexibility index (Phi) is 4.82. The number of hydrogen-bond acceptors (Lipinski definition) is 5. The van der Waals surface area contributed by atoms with E-state index in [9.17, 15) is 8.42 Å². The highest BCUT2D eigenvalue weighted by atomic mass is 35.5. The summed E-state index contributed by atoms with van der Waals surface area (Å²) in [7, 11) is -3.16. The molecule has 4 nitrogen and oxygen atoms in total. The Bertz CT molecular complexity index is 690. The molecule has 116 valence electrons. The highest BCUT2D eigenvalue weighted by Crippen LogP contribution is 2.31. The number of furan rings is 1. The number of thiophene rings is 1. The zero-order valence-corrected chi connectivity index (χ0v) is 14.5. The molecule has 21 heavy (non-hydrogen) atoms. The fourth-order valence-corrected chi connectivity index (χ4v) is 3.25. The van der Waals surface area contributed by atoms with Gasteiger partial charge in [0, 0.05) is 17.7 Å². The summed E-state index contributed by atoms with van der Waals surface area (Å²) in [6.07, 6.45) is 2.85. The number of halogens is 1. The second-order valence-electron chi connectivity index (χ2n) is 5.50. The molecule has 0 spiro atoms. The summed E-state index contributed by atoms with van der Waals surface area (Å²) >= 11 is 7.44. The van der Waals surface area contributed by atoms with E-state index in [-0.39, 0.29) is 6.04 Å². The number of rotatable bonds is 6. The summed E-state index contributed by atoms with van der Waals surface area (Å²) in [6.45, 7) is 3.72. The van der Waals surface area contributed by atoms with Crippen LogP contribution in [0.1, 0.15) is 30.5 Å². The van der Waals surface area contributed by atoms with Gasteiger partial charge in [-0.2, -0.15) is 0 Å². The first-order chi connectivity index (χ1) is 9.71. The lowest BCUT2D eigenvalue weighted by atomic mass is 10.1. The molecule has 0 bridgehead atoms. The average molecular weight is 348 g/mol. The van der Waals surface area contributed by atoms with Crippen LogP contribution in [0.3, 0.4) is 0 Å². The van der Waals surface area contributed by atoms with E-state index in [4.69, 9.17) is 16.0 Å². The molecule has 2 heterocycles. The minimum atomic E-state index is -3.16. The average Bonchev–Trinajstić information content (AvgIpc) is 3.00. The van der Waals surface area contributed by atoms with Crippen molar-refractivity contribution in [2.75, 3.05) is 12.8 Å². The standard InChI is InChI=1S/C14H18ClNO3S2/c1-14(2,21(3,17)18)9-16-13(10-5-4-8-19-10)11-6-7-12(15)20-11/h4-8,13,16H,9H2,1-3H3. The monoisotopic (exact) mass is 347 g/mol. The van der Waals surface area contributed by atoms with E-state index in [1.165, 1.54) is 17.6 Å². The molecule has 1 unspecified atom stereocenters. The lowest BCUT2D eigenvalue weighted by molar-refractivity contribution is 0.431. The van der Waals surface area contributed by atoms with Gasteiger partial charge in [-0.15, -0.1) is 11.3 Å². The molecular formula is C14H18ClNO3S2. The topological polar surface area (TPSA) is 59.3 Å². The highest BCUT2D eigenvalue weighted by Gasteiger charge is 2.31. The van der Waals surface area contributed by atoms with Gasteiger partial charge in [0.1, 0.15) is 11.8 Å². The molecule has 0 amide bonds. The summed E-state index contributed by atoms with van der Waals surface area (Å²) < 4.78 is 28.9. The van der Waals surface area contributed by atoms with Crippen molar-refractivity contribution in [1.29, 1.82) is 0 Å². The Morgan fingerprint density at radius 2 is 2.10 bits per heavy atom. The molecule has 0 aromatic carbocycles. The first-order valence-corrected chi connectivity index (χ1v) is 9.51. The zero-order valence-electron chi connectivity index (χ0n) is 12.1. The quantitative estimate of drug-likeness (QED) is 0.868. The van der Waals surface area contributed by atoms with Crippen molar-refractivity contribution in [3.05, 3.63) is 45.5 Å². The molecule has 2 aromatic heterocycles. The molecule has 7 heteroatoms. The summed E-state index contributed by atoms with van der Waals surface area (Å²) in [5.41, 5.74) is 0. The zero-order chi connectivity index (χ0) is 15.7. The van der Waals surface area contributed by atoms with E-state index in [2.05, 4.69) is 5.32 Å². The minimum Gasteiger partial charge on any atom is -0.467 e. The maximum atomic E-state index is 11.8. The second-order valence-corrected chi connectivity index (χ2v) is 9.90. The van der Waals surface area contributed by atoms with Crippen LogP contribution in [-0.2, 0) is 9.84 Å². The van der Waals surface area contributed by atoms with Crippen LogP contribution in [0.4, 0.5) is 0 Å². The normalized spacial score (nSPS) is 14.3. The van der Waals surface area contributed by atoms with Crippen molar-refractivity contribution in [3.63, 3.8) is 0 Å². The van der Waals surface area contributed by atoms with E-state index in [0.29, 0.717) is 10.9 Å². The first kappa shape index (κ1) is 16.5. The van der Waals surface area contributed by atoms with Crippen LogP contribution in [0.15, 0.2) is 34.9 Å². The van der Waals surface area contributed by atoms with E-state index in [0.717, 1.165) is 10.6 Å². The Hall–Kier alpha value is -0.820. The largest absolute Gasteiger partial charge is 0.467 e. The third kappa shape index (κ3) is 3.88. The van der Waals surface area contributed by atoms with Crippen LogP contribution in [0.5, 0.6) is 0 Å². The van der Waals surface area contributed by atoms with E-state index in [1.54, 1.807) is 26.2 Å². The van der Waals surface area contributed by atoms with Gasteiger partial charge >= 0.3 is 0 Å². The molecular weight excluding hydrogens is 330 g/mol. The SMILES string of the molecule is CC(C)(CNC(c1ccco1)c1ccc(Cl)s1)S(C)(=O)=O. The molecule has 2 rings (SSSR count). The predicted molar refractivity (Wildman–Crippen MR) is 86.8 cm³/mol. The van der Waals surface area contributed by atoms with Gasteiger partial charge in [0.05, 0.1) is 15.3 Å². The summed E-state index contributed by atoms with van der Waals surface area (Å²) in [5, 5.41) is 3.28. The molecule has 2 aromatic rings. The highest BCUT2D eigenvalue weighted by molar-refractivity contribution is 7.92. The molecule has 0 saturated carbocycles. The van der Waals surface area contributed by atoms with Gasteiger partial charge in [0.2, 0.25) is 0 Å². The van der Waals surface area contributed by atoms with Gasteiger partial charge in [-0.3, -0.25) is 0 Å². The van der Waals surface area contributed by atoms with E-state index < -0.39 is 14.6 Å². The van der Waals surface area contributed by atoms with Gasteiger partial charge in [-0.1, -0.05) is 11.6 Å². The fraction of sp³-hybridized carbons (Fsp3) is 0.429. The summed E-state index contributed by atoms with van der Waals surface area (Å²) in [4.78, 5) is 0.985. The van der Waals surface area contributed by atoms with Gasteiger partial charge in [0.25, 0.3) is 0 Å². The molecule has 0 aliphatic rings. The van der Waals surface area contributed by atoms with Crippen molar-refractivity contribution in [2.24, 2.45) is 0 Å². The maximum Gasteiger partial charge on any atom is 0.153 e. The molecule has 1 N–H and O–H groups in total. The van der Waals surface area contributed by atoms with Crippen LogP contribution < -0.4 is 5.32 Å². The number of nitrogens with one attached hydrogen (secondary N) is 1. The molecule has 0 radical (unpaired) electrons. The number of sulfone groups is 1. The van der Waals surface area contributed by atoms with Crippen molar-refractivity contribution >= 4 is 32.8 Å². The van der Waals surface area contributed by atoms with Gasteiger partial charge in [0.15, 0.2) is 9.84 Å². The fourth-order valence-electron chi connectivity index (χ4n) is 1.76. The van der Waals surface area contributed by atoms with Crippen molar-refractivity contribution < 1.29 is 12.8 Å². The van der Waals surface area contributed by atoms with Gasteiger partial charge in [-0.25, -0.2) is 8.42 Å². The van der Waals surface area contributed by atoms with Crippen LogP contribution >= 0.6 is 22.9 Å². The minimum absolute atomic E-state index is 0.210. The van der Waals surface area contributed by atoms with E-state index >= 15 is 0 Å². The Morgan fingerprint density at radius 1 is 1.38 bits per heavy atom. The predicted octanol–water partition coefficient (Wildman–Crippen LogP) is 3.50. The Labute approximate surface area is 134 Å². The number of hydrogen-bond donors (Lipinski definition) is 1. The van der Waals surface area contributed by atoms with E-state index in [1.807, 2.05) is 18.2 Å². The van der Waals surface area contributed by atoms with Crippen LogP contribution in [0.2, 0.25) is 4.34 Å². The third-order valence-electron chi connectivity index (χ3n) is 3.44.